The number of hydrogen-bond donors (Lipinski definition) is 1. The number of carbonyl (C=O) groups excluding carboxylic acids is 2. The van der Waals surface area contributed by atoms with Gasteiger partial charge in [-0.3, -0.25) is 9.59 Å². The van der Waals surface area contributed by atoms with Gasteiger partial charge in [-0.1, -0.05) is 11.8 Å². The first kappa shape index (κ1) is 15.7. The summed E-state index contributed by atoms with van der Waals surface area (Å²) < 4.78 is 2.11. The van der Waals surface area contributed by atoms with E-state index in [0.29, 0.717) is 17.3 Å². The molecule has 1 N–H and O–H groups in total. The van der Waals surface area contributed by atoms with E-state index < -0.39 is 0 Å². The van der Waals surface area contributed by atoms with Crippen molar-refractivity contribution in [2.75, 3.05) is 11.1 Å². The number of benzene rings is 1. The Morgan fingerprint density at radius 3 is 2.57 bits per heavy atom. The topological polar surface area (TPSA) is 76.9 Å². The van der Waals surface area contributed by atoms with Gasteiger partial charge in [0.15, 0.2) is 10.9 Å². The van der Waals surface area contributed by atoms with Crippen LogP contribution < -0.4 is 5.32 Å². The number of nitrogens with one attached hydrogen (secondary N) is 1. The summed E-state index contributed by atoms with van der Waals surface area (Å²) in [6, 6.07) is 7.37. The Morgan fingerprint density at radius 1 is 1.26 bits per heavy atom. The molecule has 0 atom stereocenters. The number of hydrogen-bond acceptors (Lipinski definition) is 5. The molecule has 0 aliphatic heterocycles. The van der Waals surface area contributed by atoms with Crippen molar-refractivity contribution in [3.63, 3.8) is 0 Å². The largest absolute Gasteiger partial charge is 0.325 e. The van der Waals surface area contributed by atoms with Gasteiger partial charge in [0.05, 0.1) is 5.75 Å². The molecule has 1 saturated carbocycles. The lowest BCUT2D eigenvalue weighted by molar-refractivity contribution is -0.113. The summed E-state index contributed by atoms with van der Waals surface area (Å²) in [6.45, 7) is 3.45. The van der Waals surface area contributed by atoms with E-state index in [4.69, 9.17) is 0 Å². The Bertz CT molecular complexity index is 735. The average molecular weight is 330 g/mol. The van der Waals surface area contributed by atoms with E-state index in [-0.39, 0.29) is 17.4 Å². The number of ketones is 1. The van der Waals surface area contributed by atoms with E-state index in [1.165, 1.54) is 18.7 Å². The molecule has 6 nitrogen and oxygen atoms in total. The number of carbonyl (C=O) groups is 2. The molecule has 0 bridgehead atoms. The van der Waals surface area contributed by atoms with Crippen molar-refractivity contribution in [2.45, 2.75) is 37.9 Å². The van der Waals surface area contributed by atoms with Crippen molar-refractivity contribution in [1.29, 1.82) is 0 Å². The van der Waals surface area contributed by atoms with Gasteiger partial charge in [0.1, 0.15) is 5.82 Å². The summed E-state index contributed by atoms with van der Waals surface area (Å²) in [5, 5.41) is 11.9. The highest BCUT2D eigenvalue weighted by Crippen LogP contribution is 2.38. The molecule has 0 unspecified atom stereocenters. The van der Waals surface area contributed by atoms with E-state index in [9.17, 15) is 9.59 Å². The van der Waals surface area contributed by atoms with Gasteiger partial charge < -0.3 is 9.88 Å². The summed E-state index contributed by atoms with van der Waals surface area (Å²) in [7, 11) is 0. The van der Waals surface area contributed by atoms with Crippen molar-refractivity contribution in [2.24, 2.45) is 0 Å². The normalized spacial score (nSPS) is 13.8. The maximum absolute atomic E-state index is 12.1. The number of aromatic nitrogens is 3. The summed E-state index contributed by atoms with van der Waals surface area (Å²) in [4.78, 5) is 23.3. The van der Waals surface area contributed by atoms with Gasteiger partial charge in [-0.05, 0) is 51.0 Å². The van der Waals surface area contributed by atoms with Gasteiger partial charge in [0.25, 0.3) is 0 Å². The maximum Gasteiger partial charge on any atom is 0.234 e. The Hall–Kier alpha value is -2.15. The number of amides is 1. The summed E-state index contributed by atoms with van der Waals surface area (Å²) in [6.07, 6.45) is 2.31. The minimum atomic E-state index is -0.103. The lowest BCUT2D eigenvalue weighted by Gasteiger charge is -2.07. The molecule has 1 fully saturated rings. The molecule has 1 heterocycles. The Labute approximate surface area is 138 Å². The third-order valence-corrected chi connectivity index (χ3v) is 4.60. The van der Waals surface area contributed by atoms with Crippen molar-refractivity contribution in [1.82, 2.24) is 14.8 Å². The first-order valence-corrected chi connectivity index (χ1v) is 8.48. The zero-order valence-electron chi connectivity index (χ0n) is 13.1. The number of thioether (sulfide) groups is 1. The second kappa shape index (κ2) is 6.54. The van der Waals surface area contributed by atoms with Gasteiger partial charge in [-0.25, -0.2) is 0 Å². The molecule has 23 heavy (non-hydrogen) atoms. The zero-order chi connectivity index (χ0) is 16.4. The minimum absolute atomic E-state index is 0.00761. The fraction of sp³-hybridized carbons (Fsp3) is 0.375. The van der Waals surface area contributed by atoms with Crippen LogP contribution in [0.4, 0.5) is 5.69 Å². The molecule has 1 aromatic carbocycles. The second-order valence-electron chi connectivity index (χ2n) is 5.60. The molecule has 0 spiro atoms. The van der Waals surface area contributed by atoms with E-state index in [0.717, 1.165) is 23.8 Å². The molecule has 2 aromatic rings. The van der Waals surface area contributed by atoms with Gasteiger partial charge in [0.2, 0.25) is 5.91 Å². The summed E-state index contributed by atoms with van der Waals surface area (Å²) >= 11 is 1.39. The molecular formula is C16H18N4O2S. The molecule has 0 radical (unpaired) electrons. The van der Waals surface area contributed by atoms with Crippen LogP contribution in [0.3, 0.4) is 0 Å². The van der Waals surface area contributed by atoms with Crippen molar-refractivity contribution < 1.29 is 9.59 Å². The highest BCUT2D eigenvalue weighted by Gasteiger charge is 2.28. The summed E-state index contributed by atoms with van der Waals surface area (Å²) in [5.74, 6) is 1.08. The van der Waals surface area contributed by atoms with Gasteiger partial charge in [-0.15, -0.1) is 10.2 Å². The minimum Gasteiger partial charge on any atom is -0.325 e. The lowest BCUT2D eigenvalue weighted by atomic mass is 10.1. The molecule has 3 rings (SSSR count). The first-order valence-electron chi connectivity index (χ1n) is 7.50. The van der Waals surface area contributed by atoms with Crippen LogP contribution in [0.25, 0.3) is 0 Å². The first-order chi connectivity index (χ1) is 11.0. The number of aryl methyl sites for hydroxylation is 1. The molecule has 1 amide bonds. The number of nitrogens with zero attached hydrogens (tertiary/aromatic N) is 3. The van der Waals surface area contributed by atoms with Crippen LogP contribution in [-0.2, 0) is 4.79 Å². The van der Waals surface area contributed by atoms with Crippen LogP contribution in [0.2, 0.25) is 0 Å². The predicted molar refractivity (Wildman–Crippen MR) is 88.8 cm³/mol. The van der Waals surface area contributed by atoms with E-state index in [1.54, 1.807) is 24.3 Å². The molecular weight excluding hydrogens is 312 g/mol. The van der Waals surface area contributed by atoms with Crippen molar-refractivity contribution in [3.05, 3.63) is 35.7 Å². The number of anilines is 1. The van der Waals surface area contributed by atoms with Crippen molar-refractivity contribution in [3.8, 4) is 0 Å². The third-order valence-electron chi connectivity index (χ3n) is 3.65. The standard InChI is InChI=1S/C16H18N4O2S/c1-10(21)12-3-5-13(6-4-12)17-15(22)9-23-16-19-18-11(2)20(16)14-7-8-14/h3-6,14H,7-9H2,1-2H3,(H,17,22). The smallest absolute Gasteiger partial charge is 0.234 e. The van der Waals surface area contributed by atoms with Crippen LogP contribution in [0.15, 0.2) is 29.4 Å². The zero-order valence-corrected chi connectivity index (χ0v) is 13.9. The van der Waals surface area contributed by atoms with Crippen LogP contribution >= 0.6 is 11.8 Å². The molecule has 120 valence electrons. The predicted octanol–water partition coefficient (Wildman–Crippen LogP) is 2.85. The average Bonchev–Trinajstić information content (AvgIpc) is 3.29. The monoisotopic (exact) mass is 330 g/mol. The fourth-order valence-electron chi connectivity index (χ4n) is 2.32. The van der Waals surface area contributed by atoms with Gasteiger partial charge >= 0.3 is 0 Å². The molecule has 1 aromatic heterocycles. The van der Waals surface area contributed by atoms with Crippen LogP contribution in [0.5, 0.6) is 0 Å². The van der Waals surface area contributed by atoms with E-state index >= 15 is 0 Å². The molecule has 1 aliphatic rings. The number of Topliss-reactive ketones (excluding diaryl/α,β-unsaturated/α-hetero) is 1. The fourth-order valence-corrected chi connectivity index (χ4v) is 3.17. The number of rotatable bonds is 6. The second-order valence-corrected chi connectivity index (χ2v) is 6.54. The molecule has 7 heteroatoms. The molecule has 0 saturated heterocycles. The quantitative estimate of drug-likeness (QED) is 0.651. The van der Waals surface area contributed by atoms with Gasteiger partial charge in [0, 0.05) is 17.3 Å². The van der Waals surface area contributed by atoms with Gasteiger partial charge in [-0.2, -0.15) is 0 Å². The van der Waals surface area contributed by atoms with E-state index in [1.807, 2.05) is 6.92 Å². The van der Waals surface area contributed by atoms with Crippen LogP contribution in [0, 0.1) is 6.92 Å². The highest BCUT2D eigenvalue weighted by atomic mass is 32.2. The van der Waals surface area contributed by atoms with Crippen LogP contribution in [0.1, 0.15) is 42.0 Å². The van der Waals surface area contributed by atoms with E-state index in [2.05, 4.69) is 20.1 Å². The lowest BCUT2D eigenvalue weighted by Crippen LogP contribution is -2.14. The maximum atomic E-state index is 12.1. The SMILES string of the molecule is CC(=O)c1ccc(NC(=O)CSc2nnc(C)n2C2CC2)cc1. The third kappa shape index (κ3) is 3.79. The Kier molecular flexibility index (Phi) is 4.47. The summed E-state index contributed by atoms with van der Waals surface area (Å²) in [5.41, 5.74) is 1.31. The Morgan fingerprint density at radius 2 is 1.96 bits per heavy atom. The highest BCUT2D eigenvalue weighted by molar-refractivity contribution is 7.99. The Balaban J connectivity index is 1.56. The molecule has 1 aliphatic carbocycles. The van der Waals surface area contributed by atoms with Crippen LogP contribution in [-0.4, -0.2) is 32.2 Å². The van der Waals surface area contributed by atoms with Crippen molar-refractivity contribution >= 4 is 29.1 Å².